The van der Waals surface area contributed by atoms with Crippen molar-refractivity contribution in [3.05, 3.63) is 0 Å². The van der Waals surface area contributed by atoms with Gasteiger partial charge in [-0.25, -0.2) is 0 Å². The summed E-state index contributed by atoms with van der Waals surface area (Å²) in [6.45, 7) is 12.5. The topological polar surface area (TPSA) is 44.4 Å². The monoisotopic (exact) mass is 283 g/mol. The number of carbonyl (C=O) groups excluding carboxylic acids is 1. The molecule has 3 unspecified atom stereocenters. The standard InChI is InChI=1S/C16H33N3O/c1-5-8-10-18-16(20)13(4)19-11-9-15(17-7-3)14(6-2)12-19/h13-15,17H,5-12H2,1-4H3,(H,18,20). The van der Waals surface area contributed by atoms with Crippen molar-refractivity contribution in [2.24, 2.45) is 5.92 Å². The van der Waals surface area contributed by atoms with Gasteiger partial charge in [-0.3, -0.25) is 9.69 Å². The predicted molar refractivity (Wildman–Crippen MR) is 84.8 cm³/mol. The first-order valence-corrected chi connectivity index (χ1v) is 8.39. The van der Waals surface area contributed by atoms with E-state index in [0.717, 1.165) is 45.4 Å². The van der Waals surface area contributed by atoms with Crippen LogP contribution in [0.1, 0.15) is 53.4 Å². The Labute approximate surface area is 124 Å². The van der Waals surface area contributed by atoms with Gasteiger partial charge in [0, 0.05) is 25.7 Å². The molecule has 0 aromatic heterocycles. The minimum absolute atomic E-state index is 0.00322. The van der Waals surface area contributed by atoms with Crippen molar-refractivity contribution >= 4 is 5.91 Å². The largest absolute Gasteiger partial charge is 0.355 e. The first kappa shape index (κ1) is 17.4. The Kier molecular flexibility index (Phi) is 8.15. The molecule has 0 spiro atoms. The molecule has 1 aliphatic heterocycles. The smallest absolute Gasteiger partial charge is 0.237 e. The predicted octanol–water partition coefficient (Wildman–Crippen LogP) is 2.00. The second-order valence-electron chi connectivity index (χ2n) is 5.94. The van der Waals surface area contributed by atoms with E-state index in [-0.39, 0.29) is 11.9 Å². The number of likely N-dealkylation sites (tertiary alicyclic amines) is 1. The van der Waals surface area contributed by atoms with Gasteiger partial charge in [0.2, 0.25) is 5.91 Å². The van der Waals surface area contributed by atoms with Gasteiger partial charge in [-0.05, 0) is 32.2 Å². The lowest BCUT2D eigenvalue weighted by molar-refractivity contribution is -0.126. The molecule has 0 radical (unpaired) electrons. The molecule has 2 N–H and O–H groups in total. The summed E-state index contributed by atoms with van der Waals surface area (Å²) in [5.41, 5.74) is 0. The number of nitrogens with one attached hydrogen (secondary N) is 2. The first-order chi connectivity index (χ1) is 9.63. The summed E-state index contributed by atoms with van der Waals surface area (Å²) >= 11 is 0. The highest BCUT2D eigenvalue weighted by Gasteiger charge is 2.31. The number of piperidine rings is 1. The molecule has 0 saturated carbocycles. The van der Waals surface area contributed by atoms with E-state index in [1.165, 1.54) is 6.42 Å². The Hall–Kier alpha value is -0.610. The normalized spacial score (nSPS) is 25.4. The van der Waals surface area contributed by atoms with Crippen molar-refractivity contribution in [1.82, 2.24) is 15.5 Å². The van der Waals surface area contributed by atoms with Gasteiger partial charge in [-0.15, -0.1) is 0 Å². The van der Waals surface area contributed by atoms with Gasteiger partial charge in [0.05, 0.1) is 6.04 Å². The molecule has 0 aliphatic carbocycles. The van der Waals surface area contributed by atoms with Crippen molar-refractivity contribution in [3.63, 3.8) is 0 Å². The molecule has 1 aliphatic rings. The molecule has 1 heterocycles. The third kappa shape index (κ3) is 5.06. The third-order valence-corrected chi connectivity index (χ3v) is 4.51. The molecule has 0 bridgehead atoms. The van der Waals surface area contributed by atoms with E-state index >= 15 is 0 Å². The zero-order valence-electron chi connectivity index (χ0n) is 13.7. The van der Waals surface area contributed by atoms with E-state index in [2.05, 4.69) is 36.3 Å². The summed E-state index contributed by atoms with van der Waals surface area (Å²) in [7, 11) is 0. The second-order valence-corrected chi connectivity index (χ2v) is 5.94. The Bertz CT molecular complexity index is 283. The zero-order chi connectivity index (χ0) is 15.0. The van der Waals surface area contributed by atoms with E-state index in [4.69, 9.17) is 0 Å². The molecule has 1 amide bonds. The fourth-order valence-corrected chi connectivity index (χ4v) is 3.06. The van der Waals surface area contributed by atoms with Crippen LogP contribution in [0.2, 0.25) is 0 Å². The Morgan fingerprint density at radius 3 is 2.70 bits per heavy atom. The fourth-order valence-electron chi connectivity index (χ4n) is 3.06. The molecule has 20 heavy (non-hydrogen) atoms. The van der Waals surface area contributed by atoms with Crippen molar-refractivity contribution in [1.29, 1.82) is 0 Å². The third-order valence-electron chi connectivity index (χ3n) is 4.51. The first-order valence-electron chi connectivity index (χ1n) is 8.39. The summed E-state index contributed by atoms with van der Waals surface area (Å²) in [5.74, 6) is 0.852. The van der Waals surface area contributed by atoms with Crippen LogP contribution in [0.5, 0.6) is 0 Å². The van der Waals surface area contributed by atoms with Gasteiger partial charge in [-0.2, -0.15) is 0 Å². The number of hydrogen-bond acceptors (Lipinski definition) is 3. The van der Waals surface area contributed by atoms with Gasteiger partial charge in [0.25, 0.3) is 0 Å². The molecule has 3 atom stereocenters. The van der Waals surface area contributed by atoms with Crippen molar-refractivity contribution in [2.75, 3.05) is 26.2 Å². The summed E-state index contributed by atoms with van der Waals surface area (Å²) in [5, 5.41) is 6.64. The van der Waals surface area contributed by atoms with Crippen LogP contribution in [0.15, 0.2) is 0 Å². The number of unbranched alkanes of at least 4 members (excludes halogenated alkanes) is 1. The molecule has 118 valence electrons. The maximum absolute atomic E-state index is 12.2. The van der Waals surface area contributed by atoms with Crippen molar-refractivity contribution in [2.45, 2.75) is 65.5 Å². The number of nitrogens with zero attached hydrogens (tertiary/aromatic N) is 1. The summed E-state index contributed by atoms with van der Waals surface area (Å²) < 4.78 is 0. The molecular weight excluding hydrogens is 250 g/mol. The van der Waals surface area contributed by atoms with E-state index in [1.54, 1.807) is 0 Å². The van der Waals surface area contributed by atoms with Crippen LogP contribution in [0.4, 0.5) is 0 Å². The van der Waals surface area contributed by atoms with Crippen LogP contribution in [0.25, 0.3) is 0 Å². The maximum Gasteiger partial charge on any atom is 0.237 e. The van der Waals surface area contributed by atoms with Crippen LogP contribution in [-0.2, 0) is 4.79 Å². The molecule has 0 aromatic rings. The molecule has 4 nitrogen and oxygen atoms in total. The lowest BCUT2D eigenvalue weighted by Crippen LogP contribution is -2.55. The molecule has 1 rings (SSSR count). The van der Waals surface area contributed by atoms with Crippen molar-refractivity contribution < 1.29 is 4.79 Å². The van der Waals surface area contributed by atoms with Gasteiger partial charge in [0.1, 0.15) is 0 Å². The average molecular weight is 283 g/mol. The Balaban J connectivity index is 2.45. The number of amides is 1. The lowest BCUT2D eigenvalue weighted by atomic mass is 9.89. The second kappa shape index (κ2) is 9.35. The fraction of sp³-hybridized carbons (Fsp3) is 0.938. The molecule has 1 saturated heterocycles. The van der Waals surface area contributed by atoms with Crippen LogP contribution in [0, 0.1) is 5.92 Å². The summed E-state index contributed by atoms with van der Waals surface area (Å²) in [6.07, 6.45) is 4.52. The lowest BCUT2D eigenvalue weighted by Gasteiger charge is -2.41. The van der Waals surface area contributed by atoms with Gasteiger partial charge in [0.15, 0.2) is 0 Å². The zero-order valence-corrected chi connectivity index (χ0v) is 13.7. The molecule has 1 fully saturated rings. The van der Waals surface area contributed by atoms with Crippen LogP contribution in [0.3, 0.4) is 0 Å². The Morgan fingerprint density at radius 2 is 2.10 bits per heavy atom. The minimum atomic E-state index is 0.00322. The Morgan fingerprint density at radius 1 is 1.35 bits per heavy atom. The number of rotatable bonds is 8. The van der Waals surface area contributed by atoms with E-state index in [1.807, 2.05) is 6.92 Å². The van der Waals surface area contributed by atoms with E-state index in [0.29, 0.717) is 12.0 Å². The highest BCUT2D eigenvalue weighted by atomic mass is 16.2. The summed E-state index contributed by atoms with van der Waals surface area (Å²) in [4.78, 5) is 14.5. The summed E-state index contributed by atoms with van der Waals surface area (Å²) in [6, 6.07) is 0.625. The number of hydrogen-bond donors (Lipinski definition) is 2. The quantitative estimate of drug-likeness (QED) is 0.670. The van der Waals surface area contributed by atoms with Gasteiger partial charge >= 0.3 is 0 Å². The van der Waals surface area contributed by atoms with Gasteiger partial charge in [-0.1, -0.05) is 33.6 Å². The minimum Gasteiger partial charge on any atom is -0.355 e. The van der Waals surface area contributed by atoms with Gasteiger partial charge < -0.3 is 10.6 Å². The molecule has 4 heteroatoms. The van der Waals surface area contributed by atoms with E-state index < -0.39 is 0 Å². The van der Waals surface area contributed by atoms with Crippen LogP contribution >= 0.6 is 0 Å². The maximum atomic E-state index is 12.2. The van der Waals surface area contributed by atoms with Crippen LogP contribution in [-0.4, -0.2) is 49.1 Å². The molecule has 0 aromatic carbocycles. The van der Waals surface area contributed by atoms with E-state index in [9.17, 15) is 4.79 Å². The SMILES string of the molecule is CCCCNC(=O)C(C)N1CCC(NCC)C(CC)C1. The van der Waals surface area contributed by atoms with Crippen LogP contribution < -0.4 is 10.6 Å². The molecular formula is C16H33N3O. The average Bonchev–Trinajstić information content (AvgIpc) is 2.47. The highest BCUT2D eigenvalue weighted by molar-refractivity contribution is 5.81. The highest BCUT2D eigenvalue weighted by Crippen LogP contribution is 2.21. The van der Waals surface area contributed by atoms with Crippen molar-refractivity contribution in [3.8, 4) is 0 Å². The number of carbonyl (C=O) groups is 1.